The van der Waals surface area contributed by atoms with Crippen LogP contribution in [0.5, 0.6) is 0 Å². The molecule has 2 nitrogen and oxygen atoms in total. The van der Waals surface area contributed by atoms with E-state index in [9.17, 15) is 4.39 Å². The third-order valence-electron chi connectivity index (χ3n) is 4.64. The summed E-state index contributed by atoms with van der Waals surface area (Å²) in [4.78, 5) is 9.55. The Bertz CT molecular complexity index is 1130. The molecule has 0 bridgehead atoms. The second-order valence-electron chi connectivity index (χ2n) is 6.65. The van der Waals surface area contributed by atoms with Crippen LogP contribution in [0.3, 0.4) is 0 Å². The van der Waals surface area contributed by atoms with Crippen molar-refractivity contribution < 1.29 is 4.39 Å². The first-order valence-corrected chi connectivity index (χ1v) is 9.07. The first-order valence-electron chi connectivity index (χ1n) is 9.07. The van der Waals surface area contributed by atoms with Crippen LogP contribution in [0.1, 0.15) is 11.1 Å². The SMILES string of the molecule is C=Cc1ccc(-c2ncc(-c3cccc(F)c3)nc2-c2ccc(C)cc2)cc1. The second kappa shape index (κ2) is 7.57. The minimum atomic E-state index is -0.291. The molecule has 0 fully saturated rings. The molecule has 1 aromatic heterocycles. The van der Waals surface area contributed by atoms with Gasteiger partial charge in [-0.25, -0.2) is 9.37 Å². The number of aryl methyl sites for hydroxylation is 1. The number of halogens is 1. The average Bonchev–Trinajstić information content (AvgIpc) is 2.74. The van der Waals surface area contributed by atoms with E-state index in [1.54, 1.807) is 12.3 Å². The van der Waals surface area contributed by atoms with Gasteiger partial charge in [-0.1, -0.05) is 78.9 Å². The molecular weight excluding hydrogens is 347 g/mol. The summed E-state index contributed by atoms with van der Waals surface area (Å²) >= 11 is 0. The Hall–Kier alpha value is -3.59. The van der Waals surface area contributed by atoms with Gasteiger partial charge in [0.25, 0.3) is 0 Å². The summed E-state index contributed by atoms with van der Waals surface area (Å²) in [6.07, 6.45) is 3.51. The lowest BCUT2D eigenvalue weighted by Crippen LogP contribution is -1.96. The van der Waals surface area contributed by atoms with E-state index >= 15 is 0 Å². The molecule has 0 N–H and O–H groups in total. The summed E-state index contributed by atoms with van der Waals surface area (Å²) in [7, 11) is 0. The van der Waals surface area contributed by atoms with Gasteiger partial charge in [0.15, 0.2) is 0 Å². The molecule has 0 saturated heterocycles. The van der Waals surface area contributed by atoms with Crippen molar-refractivity contribution in [1.29, 1.82) is 0 Å². The molecule has 0 unspecified atom stereocenters. The van der Waals surface area contributed by atoms with Gasteiger partial charge in [-0.2, -0.15) is 0 Å². The van der Waals surface area contributed by atoms with Crippen LogP contribution in [-0.4, -0.2) is 9.97 Å². The highest BCUT2D eigenvalue weighted by Crippen LogP contribution is 2.31. The highest BCUT2D eigenvalue weighted by Gasteiger charge is 2.13. The van der Waals surface area contributed by atoms with Crippen LogP contribution in [0.25, 0.3) is 39.8 Å². The maximum Gasteiger partial charge on any atom is 0.123 e. The van der Waals surface area contributed by atoms with Crippen LogP contribution in [0.4, 0.5) is 4.39 Å². The van der Waals surface area contributed by atoms with Gasteiger partial charge in [-0.3, -0.25) is 4.98 Å². The molecule has 0 aliphatic rings. The van der Waals surface area contributed by atoms with Crippen molar-refractivity contribution in [2.75, 3.05) is 0 Å². The molecule has 4 rings (SSSR count). The zero-order valence-electron chi connectivity index (χ0n) is 15.6. The van der Waals surface area contributed by atoms with Gasteiger partial charge >= 0.3 is 0 Å². The Morgan fingerprint density at radius 1 is 0.821 bits per heavy atom. The predicted octanol–water partition coefficient (Wildman–Crippen LogP) is 6.57. The third kappa shape index (κ3) is 3.60. The molecule has 0 aliphatic heterocycles. The van der Waals surface area contributed by atoms with Crippen molar-refractivity contribution in [3.05, 3.63) is 103 Å². The van der Waals surface area contributed by atoms with Crippen molar-refractivity contribution in [2.45, 2.75) is 6.92 Å². The van der Waals surface area contributed by atoms with Crippen molar-refractivity contribution in [2.24, 2.45) is 0 Å². The summed E-state index contributed by atoms with van der Waals surface area (Å²) in [5.74, 6) is -0.291. The van der Waals surface area contributed by atoms with Gasteiger partial charge in [0, 0.05) is 16.7 Å². The number of hydrogen-bond donors (Lipinski definition) is 0. The molecule has 3 aromatic carbocycles. The van der Waals surface area contributed by atoms with Gasteiger partial charge in [0.05, 0.1) is 23.3 Å². The summed E-state index contributed by atoms with van der Waals surface area (Å²) in [5.41, 5.74) is 7.07. The molecule has 0 saturated carbocycles. The zero-order valence-corrected chi connectivity index (χ0v) is 15.6. The maximum atomic E-state index is 13.7. The minimum absolute atomic E-state index is 0.291. The van der Waals surface area contributed by atoms with Crippen LogP contribution in [0, 0.1) is 12.7 Å². The molecule has 0 radical (unpaired) electrons. The van der Waals surface area contributed by atoms with Crippen molar-refractivity contribution in [3.8, 4) is 33.8 Å². The topological polar surface area (TPSA) is 25.8 Å². The minimum Gasteiger partial charge on any atom is -0.252 e. The molecule has 3 heteroatoms. The summed E-state index contributed by atoms with van der Waals surface area (Å²) in [5, 5.41) is 0. The standard InChI is InChI=1S/C25H19FN2/c1-3-18-9-13-19(14-10-18)24-25(20-11-7-17(2)8-12-20)28-23(16-27-24)21-5-4-6-22(26)15-21/h3-16H,1H2,2H3. The number of hydrogen-bond acceptors (Lipinski definition) is 2. The molecule has 1 heterocycles. The van der Waals surface area contributed by atoms with E-state index in [1.165, 1.54) is 17.7 Å². The number of rotatable bonds is 4. The van der Waals surface area contributed by atoms with Crippen LogP contribution in [0.15, 0.2) is 85.6 Å². The van der Waals surface area contributed by atoms with Gasteiger partial charge in [-0.15, -0.1) is 0 Å². The predicted molar refractivity (Wildman–Crippen MR) is 113 cm³/mol. The first-order chi connectivity index (χ1) is 13.6. The zero-order chi connectivity index (χ0) is 19.5. The maximum absolute atomic E-state index is 13.7. The van der Waals surface area contributed by atoms with Crippen molar-refractivity contribution in [3.63, 3.8) is 0 Å². The van der Waals surface area contributed by atoms with Crippen LogP contribution in [-0.2, 0) is 0 Å². The van der Waals surface area contributed by atoms with E-state index in [1.807, 2.05) is 55.5 Å². The van der Waals surface area contributed by atoms with Gasteiger partial charge < -0.3 is 0 Å². The quantitative estimate of drug-likeness (QED) is 0.408. The normalized spacial score (nSPS) is 10.6. The Morgan fingerprint density at radius 2 is 1.50 bits per heavy atom. The molecular formula is C25H19FN2. The lowest BCUT2D eigenvalue weighted by atomic mass is 10.0. The van der Waals surface area contributed by atoms with Gasteiger partial charge in [0.2, 0.25) is 0 Å². The smallest absolute Gasteiger partial charge is 0.123 e. The van der Waals surface area contributed by atoms with E-state index in [4.69, 9.17) is 9.97 Å². The fraction of sp³-hybridized carbons (Fsp3) is 0.0400. The molecule has 0 atom stereocenters. The van der Waals surface area contributed by atoms with Gasteiger partial charge in [-0.05, 0) is 24.6 Å². The summed E-state index contributed by atoms with van der Waals surface area (Å²) < 4.78 is 13.7. The number of aromatic nitrogens is 2. The fourth-order valence-corrected chi connectivity index (χ4v) is 3.08. The van der Waals surface area contributed by atoms with Crippen molar-refractivity contribution >= 4 is 6.08 Å². The third-order valence-corrected chi connectivity index (χ3v) is 4.64. The van der Waals surface area contributed by atoms with Crippen molar-refractivity contribution in [1.82, 2.24) is 9.97 Å². The van der Waals surface area contributed by atoms with E-state index in [0.29, 0.717) is 11.3 Å². The largest absolute Gasteiger partial charge is 0.252 e. The van der Waals surface area contributed by atoms with Crippen LogP contribution >= 0.6 is 0 Å². The average molecular weight is 366 g/mol. The van der Waals surface area contributed by atoms with E-state index in [-0.39, 0.29) is 5.82 Å². The molecule has 0 aliphatic carbocycles. The highest BCUT2D eigenvalue weighted by molar-refractivity contribution is 5.80. The Kier molecular flexibility index (Phi) is 4.81. The lowest BCUT2D eigenvalue weighted by Gasteiger charge is -2.11. The van der Waals surface area contributed by atoms with Crippen LogP contribution < -0.4 is 0 Å². The molecule has 136 valence electrons. The molecule has 4 aromatic rings. The highest BCUT2D eigenvalue weighted by atomic mass is 19.1. The van der Waals surface area contributed by atoms with Gasteiger partial charge in [0.1, 0.15) is 5.82 Å². The Balaban J connectivity index is 1.89. The summed E-state index contributed by atoms with van der Waals surface area (Å²) in [6, 6.07) is 22.6. The molecule has 0 amide bonds. The van der Waals surface area contributed by atoms with Crippen LogP contribution in [0.2, 0.25) is 0 Å². The second-order valence-corrected chi connectivity index (χ2v) is 6.65. The number of benzene rings is 3. The first kappa shape index (κ1) is 17.8. The summed E-state index contributed by atoms with van der Waals surface area (Å²) in [6.45, 7) is 5.85. The monoisotopic (exact) mass is 366 g/mol. The van der Waals surface area contributed by atoms with E-state index in [0.717, 1.165) is 28.1 Å². The van der Waals surface area contributed by atoms with E-state index in [2.05, 4.69) is 18.7 Å². The fourth-order valence-electron chi connectivity index (χ4n) is 3.08. The number of nitrogens with zero attached hydrogens (tertiary/aromatic N) is 2. The lowest BCUT2D eigenvalue weighted by molar-refractivity contribution is 0.628. The Labute approximate surface area is 164 Å². The Morgan fingerprint density at radius 3 is 2.18 bits per heavy atom. The van der Waals surface area contributed by atoms with E-state index < -0.39 is 0 Å². The molecule has 0 spiro atoms. The molecule has 28 heavy (non-hydrogen) atoms.